The third-order valence-corrected chi connectivity index (χ3v) is 6.08. The van der Waals surface area contributed by atoms with Crippen LogP contribution in [0.5, 0.6) is 0 Å². The highest BCUT2D eigenvalue weighted by molar-refractivity contribution is 7.90. The van der Waals surface area contributed by atoms with Crippen LogP contribution in [0.25, 0.3) is 0 Å². The van der Waals surface area contributed by atoms with Crippen molar-refractivity contribution in [3.63, 3.8) is 0 Å². The number of amidine groups is 1. The lowest BCUT2D eigenvalue weighted by Crippen LogP contribution is -2.45. The smallest absolute Gasteiger partial charge is 0.311 e. The highest BCUT2D eigenvalue weighted by atomic mass is 32.2. The molecular weight excluding hydrogens is 382 g/mol. The van der Waals surface area contributed by atoms with Crippen molar-refractivity contribution in [2.24, 2.45) is 10.3 Å². The Morgan fingerprint density at radius 3 is 2.68 bits per heavy atom. The Bertz CT molecular complexity index is 910. The van der Waals surface area contributed by atoms with E-state index in [-0.39, 0.29) is 16.8 Å². The summed E-state index contributed by atoms with van der Waals surface area (Å²) in [5, 5.41) is 2.71. The molecule has 1 aromatic rings. The number of nitrogens with one attached hydrogen (secondary N) is 1. The molecule has 1 saturated heterocycles. The Labute approximate surface area is 165 Å². The normalized spacial score (nSPS) is 21.6. The van der Waals surface area contributed by atoms with Gasteiger partial charge in [-0.15, -0.1) is 4.40 Å². The van der Waals surface area contributed by atoms with Gasteiger partial charge >= 0.3 is 5.97 Å². The van der Waals surface area contributed by atoms with Gasteiger partial charge in [0.1, 0.15) is 4.90 Å². The van der Waals surface area contributed by atoms with Gasteiger partial charge < -0.3 is 15.0 Å². The van der Waals surface area contributed by atoms with Gasteiger partial charge in [0.05, 0.1) is 5.92 Å². The number of nitrogens with zero attached hydrogens (tertiary/aromatic N) is 2. The minimum atomic E-state index is -3.71. The molecule has 152 valence electrons. The highest BCUT2D eigenvalue weighted by Gasteiger charge is 2.36. The zero-order chi connectivity index (χ0) is 20.5. The summed E-state index contributed by atoms with van der Waals surface area (Å²) in [7, 11) is -3.71. The van der Waals surface area contributed by atoms with Crippen LogP contribution in [0, 0.1) is 5.92 Å². The zero-order valence-corrected chi connectivity index (χ0v) is 17.0. The predicted molar refractivity (Wildman–Crippen MR) is 103 cm³/mol. The fourth-order valence-corrected chi connectivity index (χ4v) is 4.63. The van der Waals surface area contributed by atoms with E-state index in [1.54, 1.807) is 25.1 Å². The summed E-state index contributed by atoms with van der Waals surface area (Å²) in [5.41, 5.74) is 0.557. The standard InChI is InChI=1S/C19H25N3O5S/c1-12(2)20-18(23)13(3)27-19(24)14-7-6-10-22(11-14)17-15-8-4-5-9-16(15)28(25,26)21-17/h4-5,8-9,12-14H,6-7,10-11H2,1-3H3,(H,20,23)/t13-,14-/m1/s1. The topological polar surface area (TPSA) is 105 Å². The molecule has 0 bridgehead atoms. The summed E-state index contributed by atoms with van der Waals surface area (Å²) >= 11 is 0. The van der Waals surface area contributed by atoms with Crippen molar-refractivity contribution >= 4 is 27.7 Å². The molecule has 1 N–H and O–H groups in total. The van der Waals surface area contributed by atoms with Crippen LogP contribution >= 0.6 is 0 Å². The molecule has 0 aliphatic carbocycles. The SMILES string of the molecule is CC(C)NC(=O)[C@@H](C)OC(=O)[C@@H]1CCCN(C2=NS(=O)(=O)c3ccccc32)C1. The number of hydrogen-bond donors (Lipinski definition) is 1. The molecular formula is C19H25N3O5S. The maximum absolute atomic E-state index is 12.5. The number of sulfonamides is 1. The summed E-state index contributed by atoms with van der Waals surface area (Å²) in [6.45, 7) is 6.12. The minimum absolute atomic E-state index is 0.0405. The number of fused-ring (bicyclic) bond motifs is 1. The number of ether oxygens (including phenoxy) is 1. The first-order valence-corrected chi connectivity index (χ1v) is 10.8. The van der Waals surface area contributed by atoms with E-state index >= 15 is 0 Å². The van der Waals surface area contributed by atoms with Gasteiger partial charge in [-0.3, -0.25) is 9.59 Å². The lowest BCUT2D eigenvalue weighted by molar-refractivity contribution is -0.160. The number of benzene rings is 1. The van der Waals surface area contributed by atoms with Gasteiger partial charge in [-0.05, 0) is 45.7 Å². The molecule has 0 aromatic heterocycles. The third-order valence-electron chi connectivity index (χ3n) is 4.76. The summed E-state index contributed by atoms with van der Waals surface area (Å²) < 4.78 is 33.8. The van der Waals surface area contributed by atoms with Crippen LogP contribution in [-0.4, -0.2) is 56.3 Å². The zero-order valence-electron chi connectivity index (χ0n) is 16.2. The molecule has 28 heavy (non-hydrogen) atoms. The van der Waals surface area contributed by atoms with Crippen molar-refractivity contribution in [1.82, 2.24) is 10.2 Å². The third kappa shape index (κ3) is 4.19. The number of likely N-dealkylation sites (tertiary alicyclic amines) is 1. The number of carbonyl (C=O) groups is 2. The fourth-order valence-electron chi connectivity index (χ4n) is 3.40. The van der Waals surface area contributed by atoms with Crippen LogP contribution in [0.4, 0.5) is 0 Å². The van der Waals surface area contributed by atoms with E-state index in [1.165, 1.54) is 6.07 Å². The average Bonchev–Trinajstić information content (AvgIpc) is 2.93. The second kappa shape index (κ2) is 7.90. The summed E-state index contributed by atoms with van der Waals surface area (Å²) in [6, 6.07) is 6.64. The maximum atomic E-state index is 12.5. The van der Waals surface area contributed by atoms with Gasteiger partial charge in [0, 0.05) is 24.7 Å². The van der Waals surface area contributed by atoms with E-state index < -0.39 is 28.0 Å². The molecule has 1 fully saturated rings. The molecule has 1 amide bonds. The van der Waals surface area contributed by atoms with Gasteiger partial charge in [-0.25, -0.2) is 0 Å². The van der Waals surface area contributed by atoms with E-state index in [0.29, 0.717) is 37.3 Å². The van der Waals surface area contributed by atoms with Gasteiger partial charge in [-0.1, -0.05) is 12.1 Å². The van der Waals surface area contributed by atoms with E-state index in [1.807, 2.05) is 18.7 Å². The Balaban J connectivity index is 1.70. The minimum Gasteiger partial charge on any atom is -0.452 e. The number of piperidine rings is 1. The molecule has 2 aliphatic rings. The number of rotatable bonds is 4. The largest absolute Gasteiger partial charge is 0.452 e. The molecule has 3 rings (SSSR count). The number of amides is 1. The fraction of sp³-hybridized carbons (Fsp3) is 0.526. The Kier molecular flexibility index (Phi) is 5.74. The van der Waals surface area contributed by atoms with E-state index in [9.17, 15) is 18.0 Å². The van der Waals surface area contributed by atoms with Gasteiger partial charge in [-0.2, -0.15) is 8.42 Å². The van der Waals surface area contributed by atoms with Crippen LogP contribution in [-0.2, 0) is 24.3 Å². The van der Waals surface area contributed by atoms with Crippen molar-refractivity contribution in [3.05, 3.63) is 29.8 Å². The van der Waals surface area contributed by atoms with Crippen molar-refractivity contribution < 1.29 is 22.7 Å². The average molecular weight is 407 g/mol. The summed E-state index contributed by atoms with van der Waals surface area (Å²) in [6.07, 6.45) is 0.443. The highest BCUT2D eigenvalue weighted by Crippen LogP contribution is 2.30. The van der Waals surface area contributed by atoms with E-state index in [0.717, 1.165) is 0 Å². The van der Waals surface area contributed by atoms with E-state index in [2.05, 4.69) is 9.71 Å². The van der Waals surface area contributed by atoms with Crippen molar-refractivity contribution in [3.8, 4) is 0 Å². The number of hydrogen-bond acceptors (Lipinski definition) is 6. The quantitative estimate of drug-likeness (QED) is 0.755. The molecule has 2 heterocycles. The first-order chi connectivity index (χ1) is 13.2. The van der Waals surface area contributed by atoms with Crippen LogP contribution in [0.3, 0.4) is 0 Å². The number of carbonyl (C=O) groups excluding carboxylic acids is 2. The molecule has 0 radical (unpaired) electrons. The monoisotopic (exact) mass is 407 g/mol. The molecule has 8 nitrogen and oxygen atoms in total. The van der Waals surface area contributed by atoms with Gasteiger partial charge in [0.2, 0.25) is 0 Å². The molecule has 0 saturated carbocycles. The summed E-state index contributed by atoms with van der Waals surface area (Å²) in [4.78, 5) is 26.5. The molecule has 9 heteroatoms. The Morgan fingerprint density at radius 2 is 1.96 bits per heavy atom. The molecule has 2 atom stereocenters. The predicted octanol–water partition coefficient (Wildman–Crippen LogP) is 1.30. The van der Waals surface area contributed by atoms with Crippen molar-refractivity contribution in [1.29, 1.82) is 0 Å². The van der Waals surface area contributed by atoms with E-state index in [4.69, 9.17) is 4.74 Å². The maximum Gasteiger partial charge on any atom is 0.311 e. The first-order valence-electron chi connectivity index (χ1n) is 9.39. The lowest BCUT2D eigenvalue weighted by atomic mass is 9.97. The Morgan fingerprint density at radius 1 is 1.25 bits per heavy atom. The van der Waals surface area contributed by atoms with Gasteiger partial charge in [0.15, 0.2) is 11.9 Å². The molecule has 2 aliphatic heterocycles. The second-order valence-electron chi connectivity index (χ2n) is 7.41. The van der Waals surface area contributed by atoms with Crippen LogP contribution in [0.15, 0.2) is 33.6 Å². The summed E-state index contributed by atoms with van der Waals surface area (Å²) in [5.74, 6) is -0.859. The van der Waals surface area contributed by atoms with Crippen LogP contribution in [0.2, 0.25) is 0 Å². The molecule has 1 aromatic carbocycles. The van der Waals surface area contributed by atoms with Crippen molar-refractivity contribution in [2.75, 3.05) is 13.1 Å². The first kappa shape index (κ1) is 20.3. The molecule has 0 unspecified atom stereocenters. The molecule has 0 spiro atoms. The van der Waals surface area contributed by atoms with Crippen LogP contribution in [0.1, 0.15) is 39.2 Å². The van der Waals surface area contributed by atoms with Crippen molar-refractivity contribution in [2.45, 2.75) is 50.7 Å². The van der Waals surface area contributed by atoms with Gasteiger partial charge in [0.25, 0.3) is 15.9 Å². The Hall–Kier alpha value is -2.42. The second-order valence-corrected chi connectivity index (χ2v) is 8.99. The number of esters is 1. The van der Waals surface area contributed by atoms with Crippen LogP contribution < -0.4 is 5.32 Å². The lowest BCUT2D eigenvalue weighted by Gasteiger charge is -2.33.